The minimum absolute atomic E-state index is 0.0144. The van der Waals surface area contributed by atoms with Gasteiger partial charge in [0.2, 0.25) is 11.8 Å². The van der Waals surface area contributed by atoms with Gasteiger partial charge in [-0.2, -0.15) is 0 Å². The molecular formula is C12H19NO2. The molecule has 0 radical (unpaired) electrons. The predicted molar refractivity (Wildman–Crippen MR) is 57.1 cm³/mol. The number of nitrogens with zero attached hydrogens (tertiary/aromatic N) is 1. The molecule has 1 aliphatic heterocycles. The highest BCUT2D eigenvalue weighted by Gasteiger charge is 2.48. The van der Waals surface area contributed by atoms with E-state index in [-0.39, 0.29) is 17.2 Å². The van der Waals surface area contributed by atoms with Crippen LogP contribution in [-0.4, -0.2) is 23.8 Å². The van der Waals surface area contributed by atoms with E-state index in [1.165, 1.54) is 24.2 Å². The molecule has 1 aliphatic carbocycles. The predicted octanol–water partition coefficient (Wildman–Crippen LogP) is 2.11. The summed E-state index contributed by atoms with van der Waals surface area (Å²) in [5.74, 6) is 0.0926. The van der Waals surface area contributed by atoms with Gasteiger partial charge in [0.15, 0.2) is 0 Å². The van der Waals surface area contributed by atoms with Crippen molar-refractivity contribution in [3.05, 3.63) is 0 Å². The Bertz CT molecular complexity index is 277. The zero-order valence-corrected chi connectivity index (χ0v) is 9.42. The molecule has 0 unspecified atom stereocenters. The van der Waals surface area contributed by atoms with Crippen LogP contribution in [-0.2, 0) is 9.59 Å². The van der Waals surface area contributed by atoms with Gasteiger partial charge in [-0.1, -0.05) is 32.1 Å². The fraction of sp³-hybridized carbons (Fsp3) is 0.833. The second kappa shape index (κ2) is 3.95. The monoisotopic (exact) mass is 209 g/mol. The van der Waals surface area contributed by atoms with Gasteiger partial charge in [-0.3, -0.25) is 14.5 Å². The summed E-state index contributed by atoms with van der Waals surface area (Å²) in [4.78, 5) is 25.0. The molecule has 2 rings (SSSR count). The molecule has 0 aromatic carbocycles. The van der Waals surface area contributed by atoms with E-state index in [4.69, 9.17) is 0 Å². The molecule has 2 aliphatic rings. The first-order valence-corrected chi connectivity index (χ1v) is 5.97. The van der Waals surface area contributed by atoms with Crippen molar-refractivity contribution >= 4 is 11.8 Å². The standard InChI is InChI=1S/C12H19NO2/c1-13-10(14)9-12(11(13)15)7-5-3-2-4-6-8-12/h2-9H2,1H3. The molecular weight excluding hydrogens is 190 g/mol. The van der Waals surface area contributed by atoms with Crippen molar-refractivity contribution in [2.24, 2.45) is 5.41 Å². The van der Waals surface area contributed by atoms with E-state index < -0.39 is 0 Å². The number of amides is 2. The Kier molecular flexibility index (Phi) is 2.81. The summed E-state index contributed by atoms with van der Waals surface area (Å²) < 4.78 is 0. The molecule has 2 fully saturated rings. The smallest absolute Gasteiger partial charge is 0.235 e. The molecule has 0 aromatic rings. The first kappa shape index (κ1) is 10.7. The normalized spacial score (nSPS) is 26.9. The number of hydrogen-bond acceptors (Lipinski definition) is 2. The highest BCUT2D eigenvalue weighted by molar-refractivity contribution is 6.05. The SMILES string of the molecule is CN1C(=O)CC2(CCCCCCC2)C1=O. The largest absolute Gasteiger partial charge is 0.285 e. The van der Waals surface area contributed by atoms with Crippen molar-refractivity contribution in [3.8, 4) is 0 Å². The van der Waals surface area contributed by atoms with Crippen LogP contribution in [0, 0.1) is 5.41 Å². The molecule has 0 N–H and O–H groups in total. The van der Waals surface area contributed by atoms with Gasteiger partial charge in [0, 0.05) is 13.5 Å². The third kappa shape index (κ3) is 1.80. The lowest BCUT2D eigenvalue weighted by Crippen LogP contribution is -2.33. The van der Waals surface area contributed by atoms with Gasteiger partial charge >= 0.3 is 0 Å². The van der Waals surface area contributed by atoms with Crippen LogP contribution in [0.15, 0.2) is 0 Å². The van der Waals surface area contributed by atoms with E-state index in [0.717, 1.165) is 25.7 Å². The van der Waals surface area contributed by atoms with Crippen molar-refractivity contribution in [2.75, 3.05) is 7.05 Å². The molecule has 1 spiro atoms. The molecule has 3 nitrogen and oxygen atoms in total. The van der Waals surface area contributed by atoms with Crippen LogP contribution in [0.1, 0.15) is 51.4 Å². The van der Waals surface area contributed by atoms with Crippen molar-refractivity contribution in [3.63, 3.8) is 0 Å². The quantitative estimate of drug-likeness (QED) is 0.573. The summed E-state index contributed by atoms with van der Waals surface area (Å²) in [6.07, 6.45) is 8.22. The lowest BCUT2D eigenvalue weighted by molar-refractivity contribution is -0.140. The molecule has 15 heavy (non-hydrogen) atoms. The zero-order valence-electron chi connectivity index (χ0n) is 9.42. The third-order valence-corrected chi connectivity index (χ3v) is 3.93. The van der Waals surface area contributed by atoms with Gasteiger partial charge in [-0.05, 0) is 12.8 Å². The Morgan fingerprint density at radius 2 is 1.53 bits per heavy atom. The van der Waals surface area contributed by atoms with Crippen LogP contribution in [0.5, 0.6) is 0 Å². The van der Waals surface area contributed by atoms with Crippen LogP contribution in [0.25, 0.3) is 0 Å². The number of carbonyl (C=O) groups is 2. The van der Waals surface area contributed by atoms with E-state index in [2.05, 4.69) is 0 Å². The van der Waals surface area contributed by atoms with E-state index in [1.54, 1.807) is 7.05 Å². The maximum atomic E-state index is 12.1. The van der Waals surface area contributed by atoms with Crippen LogP contribution in [0.3, 0.4) is 0 Å². The molecule has 1 saturated carbocycles. The Labute approximate surface area is 90.8 Å². The van der Waals surface area contributed by atoms with E-state index in [1.807, 2.05) is 0 Å². The van der Waals surface area contributed by atoms with Gasteiger partial charge in [-0.25, -0.2) is 0 Å². The van der Waals surface area contributed by atoms with E-state index in [0.29, 0.717) is 6.42 Å². The molecule has 1 saturated heterocycles. The molecule has 3 heteroatoms. The van der Waals surface area contributed by atoms with Gasteiger partial charge in [0.25, 0.3) is 0 Å². The van der Waals surface area contributed by atoms with Crippen molar-refractivity contribution in [1.29, 1.82) is 0 Å². The fourth-order valence-electron chi connectivity index (χ4n) is 2.93. The Hall–Kier alpha value is -0.860. The zero-order chi connectivity index (χ0) is 10.9. The minimum Gasteiger partial charge on any atom is -0.285 e. The molecule has 1 heterocycles. The molecule has 84 valence electrons. The van der Waals surface area contributed by atoms with Crippen molar-refractivity contribution < 1.29 is 9.59 Å². The van der Waals surface area contributed by atoms with Crippen LogP contribution < -0.4 is 0 Å². The number of carbonyl (C=O) groups excluding carboxylic acids is 2. The van der Waals surface area contributed by atoms with Gasteiger partial charge < -0.3 is 0 Å². The Morgan fingerprint density at radius 3 is 2.00 bits per heavy atom. The second-order valence-corrected chi connectivity index (χ2v) is 4.98. The lowest BCUT2D eigenvalue weighted by atomic mass is 9.75. The van der Waals surface area contributed by atoms with Gasteiger partial charge in [0.1, 0.15) is 0 Å². The van der Waals surface area contributed by atoms with Crippen LogP contribution in [0.4, 0.5) is 0 Å². The molecule has 0 atom stereocenters. The van der Waals surface area contributed by atoms with Gasteiger partial charge in [-0.15, -0.1) is 0 Å². The highest BCUT2D eigenvalue weighted by Crippen LogP contribution is 2.43. The fourth-order valence-corrected chi connectivity index (χ4v) is 2.93. The van der Waals surface area contributed by atoms with Crippen LogP contribution >= 0.6 is 0 Å². The first-order chi connectivity index (χ1) is 7.16. The average Bonchev–Trinajstić information content (AvgIpc) is 2.39. The number of likely N-dealkylation sites (tertiary alicyclic amines) is 1. The van der Waals surface area contributed by atoms with Crippen LogP contribution in [0.2, 0.25) is 0 Å². The summed E-state index contributed by atoms with van der Waals surface area (Å²) in [6, 6.07) is 0. The maximum Gasteiger partial charge on any atom is 0.235 e. The van der Waals surface area contributed by atoms with E-state index >= 15 is 0 Å². The molecule has 0 bridgehead atoms. The lowest BCUT2D eigenvalue weighted by Gasteiger charge is -2.27. The Morgan fingerprint density at radius 1 is 1.00 bits per heavy atom. The number of rotatable bonds is 0. The van der Waals surface area contributed by atoms with Gasteiger partial charge in [0.05, 0.1) is 5.41 Å². The van der Waals surface area contributed by atoms with Crippen molar-refractivity contribution in [2.45, 2.75) is 51.4 Å². The number of imide groups is 1. The summed E-state index contributed by atoms with van der Waals surface area (Å²) >= 11 is 0. The minimum atomic E-state index is -0.313. The summed E-state index contributed by atoms with van der Waals surface area (Å²) in [5.41, 5.74) is -0.313. The van der Waals surface area contributed by atoms with E-state index in [9.17, 15) is 9.59 Å². The number of hydrogen-bond donors (Lipinski definition) is 0. The molecule has 2 amide bonds. The Balaban J connectivity index is 2.16. The third-order valence-electron chi connectivity index (χ3n) is 3.93. The maximum absolute atomic E-state index is 12.1. The topological polar surface area (TPSA) is 37.4 Å². The summed E-state index contributed by atoms with van der Waals surface area (Å²) in [5, 5.41) is 0. The first-order valence-electron chi connectivity index (χ1n) is 5.97. The molecule has 0 aromatic heterocycles. The summed E-state index contributed by atoms with van der Waals surface area (Å²) in [6.45, 7) is 0. The summed E-state index contributed by atoms with van der Waals surface area (Å²) in [7, 11) is 1.62. The second-order valence-electron chi connectivity index (χ2n) is 4.98. The average molecular weight is 209 g/mol. The highest BCUT2D eigenvalue weighted by atomic mass is 16.2. The van der Waals surface area contributed by atoms with Crippen molar-refractivity contribution in [1.82, 2.24) is 4.90 Å².